The van der Waals surface area contributed by atoms with Gasteiger partial charge in [-0.3, -0.25) is 9.36 Å². The monoisotopic (exact) mass is 593 g/mol. The van der Waals surface area contributed by atoms with Gasteiger partial charge in [0, 0.05) is 13.0 Å². The standard InChI is InChI=1S/C31H64NO7P/c1-6-8-10-12-14-16-17-19-21-23-26-36-28-30(29-38-40(34,35)37-27-25-32(3,4)5)39-31(33)24-22-20-18-15-13-11-9-7-2/h30H,6-29H2,1-5H3. The van der Waals surface area contributed by atoms with Crippen molar-refractivity contribution in [2.45, 2.75) is 142 Å². The molecule has 0 aliphatic heterocycles. The van der Waals surface area contributed by atoms with Crippen LogP contribution in [0.1, 0.15) is 136 Å². The van der Waals surface area contributed by atoms with Gasteiger partial charge in [-0.15, -0.1) is 0 Å². The van der Waals surface area contributed by atoms with Gasteiger partial charge >= 0.3 is 5.97 Å². The molecule has 0 aliphatic carbocycles. The number of esters is 1. The summed E-state index contributed by atoms with van der Waals surface area (Å²) in [6.45, 7) is 5.37. The molecule has 40 heavy (non-hydrogen) atoms. The number of nitrogens with zero attached hydrogens (tertiary/aromatic N) is 1. The van der Waals surface area contributed by atoms with Crippen molar-refractivity contribution in [2.75, 3.05) is 54.1 Å². The molecule has 0 aromatic carbocycles. The summed E-state index contributed by atoms with van der Waals surface area (Å²) in [6.07, 6.45) is 21.1. The largest absolute Gasteiger partial charge is 0.756 e. The van der Waals surface area contributed by atoms with Gasteiger partial charge in [-0.25, -0.2) is 0 Å². The maximum Gasteiger partial charge on any atom is 0.306 e. The Labute approximate surface area is 247 Å². The predicted molar refractivity (Wildman–Crippen MR) is 162 cm³/mol. The first kappa shape index (κ1) is 39.5. The highest BCUT2D eigenvalue weighted by molar-refractivity contribution is 7.45. The van der Waals surface area contributed by atoms with E-state index in [9.17, 15) is 14.3 Å². The van der Waals surface area contributed by atoms with Gasteiger partial charge in [-0.1, -0.05) is 117 Å². The molecule has 0 aromatic rings. The summed E-state index contributed by atoms with van der Waals surface area (Å²) < 4.78 is 34.2. The van der Waals surface area contributed by atoms with Gasteiger partial charge in [0.2, 0.25) is 0 Å². The van der Waals surface area contributed by atoms with Crippen molar-refractivity contribution in [3.05, 3.63) is 0 Å². The first-order chi connectivity index (χ1) is 19.1. The number of hydrogen-bond acceptors (Lipinski definition) is 7. The molecule has 8 nitrogen and oxygen atoms in total. The second kappa shape index (κ2) is 26.2. The number of likely N-dealkylation sites (N-methyl/N-ethyl adjacent to an activating group) is 1. The average molecular weight is 594 g/mol. The molecule has 0 radical (unpaired) electrons. The third kappa shape index (κ3) is 29.0. The fourth-order valence-corrected chi connectivity index (χ4v) is 5.04. The summed E-state index contributed by atoms with van der Waals surface area (Å²) in [5.74, 6) is -0.339. The highest BCUT2D eigenvalue weighted by Crippen LogP contribution is 2.38. The second-order valence-corrected chi connectivity index (χ2v) is 13.6. The lowest BCUT2D eigenvalue weighted by Gasteiger charge is -2.28. The van der Waals surface area contributed by atoms with Gasteiger partial charge in [0.25, 0.3) is 7.82 Å². The van der Waals surface area contributed by atoms with E-state index in [-0.39, 0.29) is 25.8 Å². The molecule has 0 saturated carbocycles. The molecule has 2 atom stereocenters. The van der Waals surface area contributed by atoms with Gasteiger partial charge in [-0.2, -0.15) is 0 Å². The number of phosphoric ester groups is 1. The van der Waals surface area contributed by atoms with Gasteiger partial charge in [0.05, 0.1) is 34.4 Å². The Kier molecular flexibility index (Phi) is 25.8. The number of rotatable bonds is 30. The summed E-state index contributed by atoms with van der Waals surface area (Å²) in [6, 6.07) is 0. The molecular weight excluding hydrogens is 529 g/mol. The molecule has 0 aliphatic rings. The zero-order chi connectivity index (χ0) is 30.0. The lowest BCUT2D eigenvalue weighted by atomic mass is 10.1. The van der Waals surface area contributed by atoms with Crippen LogP contribution in [0.15, 0.2) is 0 Å². The van der Waals surface area contributed by atoms with Crippen LogP contribution in [0, 0.1) is 0 Å². The van der Waals surface area contributed by atoms with Crippen molar-refractivity contribution in [2.24, 2.45) is 0 Å². The van der Waals surface area contributed by atoms with Gasteiger partial charge in [0.15, 0.2) is 0 Å². The van der Waals surface area contributed by atoms with Crippen molar-refractivity contribution in [1.29, 1.82) is 0 Å². The minimum absolute atomic E-state index is 0.0302. The van der Waals surface area contributed by atoms with E-state index in [0.29, 0.717) is 24.1 Å². The molecule has 240 valence electrons. The van der Waals surface area contributed by atoms with Crippen LogP contribution in [-0.4, -0.2) is 70.7 Å². The number of carbonyl (C=O) groups is 1. The first-order valence-corrected chi connectivity index (χ1v) is 17.7. The summed E-state index contributed by atoms with van der Waals surface area (Å²) in [5.41, 5.74) is 0. The van der Waals surface area contributed by atoms with E-state index < -0.39 is 13.9 Å². The van der Waals surface area contributed by atoms with Gasteiger partial charge in [-0.05, 0) is 12.8 Å². The van der Waals surface area contributed by atoms with Crippen LogP contribution in [0.25, 0.3) is 0 Å². The fraction of sp³-hybridized carbons (Fsp3) is 0.968. The van der Waals surface area contributed by atoms with Crippen LogP contribution in [0.2, 0.25) is 0 Å². The highest BCUT2D eigenvalue weighted by Gasteiger charge is 2.20. The lowest BCUT2D eigenvalue weighted by molar-refractivity contribution is -0.870. The molecule has 0 rings (SSSR count). The molecule has 0 saturated heterocycles. The SMILES string of the molecule is CCCCCCCCCCCCOCC(COP(=O)([O-])OCC[N+](C)(C)C)OC(=O)CCCCCCCCCC. The lowest BCUT2D eigenvalue weighted by Crippen LogP contribution is -2.37. The molecular formula is C31H64NO7P. The van der Waals surface area contributed by atoms with Crippen LogP contribution in [-0.2, 0) is 27.9 Å². The minimum Gasteiger partial charge on any atom is -0.756 e. The Morgan fingerprint density at radius 1 is 0.675 bits per heavy atom. The summed E-state index contributed by atoms with van der Waals surface area (Å²) >= 11 is 0. The van der Waals surface area contributed by atoms with Crippen molar-refractivity contribution < 1.29 is 37.3 Å². The average Bonchev–Trinajstić information content (AvgIpc) is 2.88. The predicted octanol–water partition coefficient (Wildman–Crippen LogP) is 7.57. The fourth-order valence-electron chi connectivity index (χ4n) is 4.31. The van der Waals surface area contributed by atoms with E-state index in [4.69, 9.17) is 18.5 Å². The first-order valence-electron chi connectivity index (χ1n) is 16.3. The number of ether oxygens (including phenoxy) is 2. The van der Waals surface area contributed by atoms with E-state index in [1.54, 1.807) is 0 Å². The number of quaternary nitrogens is 1. The smallest absolute Gasteiger partial charge is 0.306 e. The zero-order valence-electron chi connectivity index (χ0n) is 26.8. The number of hydrogen-bond donors (Lipinski definition) is 0. The number of unbranched alkanes of at least 4 members (excludes halogenated alkanes) is 16. The van der Waals surface area contributed by atoms with Crippen molar-refractivity contribution >= 4 is 13.8 Å². The quantitative estimate of drug-likeness (QED) is 0.0367. The molecule has 0 aromatic heterocycles. The minimum atomic E-state index is -4.49. The molecule has 0 heterocycles. The molecule has 9 heteroatoms. The second-order valence-electron chi connectivity index (χ2n) is 12.2. The van der Waals surface area contributed by atoms with Gasteiger partial charge < -0.3 is 27.9 Å². The van der Waals surface area contributed by atoms with Crippen LogP contribution >= 0.6 is 7.82 Å². The Bertz CT molecular complexity index is 627. The summed E-state index contributed by atoms with van der Waals surface area (Å²) in [5, 5.41) is 0. The topological polar surface area (TPSA) is 94.1 Å². The van der Waals surface area contributed by atoms with E-state index >= 15 is 0 Å². The van der Waals surface area contributed by atoms with Gasteiger partial charge in [0.1, 0.15) is 19.3 Å². The third-order valence-corrected chi connectivity index (χ3v) is 7.87. The Hall–Kier alpha value is -0.500. The van der Waals surface area contributed by atoms with Crippen LogP contribution in [0.5, 0.6) is 0 Å². The molecule has 0 fully saturated rings. The highest BCUT2D eigenvalue weighted by atomic mass is 31.2. The third-order valence-electron chi connectivity index (χ3n) is 6.91. The maximum atomic E-state index is 12.4. The zero-order valence-corrected chi connectivity index (χ0v) is 27.7. The Morgan fingerprint density at radius 3 is 1.65 bits per heavy atom. The molecule has 0 N–H and O–H groups in total. The van der Waals surface area contributed by atoms with Crippen LogP contribution in [0.3, 0.4) is 0 Å². The Balaban J connectivity index is 4.35. The molecule has 2 unspecified atom stereocenters. The molecule has 0 amide bonds. The van der Waals surface area contributed by atoms with Crippen molar-refractivity contribution in [3.63, 3.8) is 0 Å². The van der Waals surface area contributed by atoms with E-state index in [2.05, 4.69) is 13.8 Å². The van der Waals surface area contributed by atoms with Crippen LogP contribution < -0.4 is 4.89 Å². The number of phosphoric acid groups is 1. The molecule has 0 bridgehead atoms. The van der Waals surface area contributed by atoms with Crippen molar-refractivity contribution in [1.82, 2.24) is 0 Å². The summed E-state index contributed by atoms with van der Waals surface area (Å²) in [4.78, 5) is 24.7. The Morgan fingerprint density at radius 2 is 1.15 bits per heavy atom. The van der Waals surface area contributed by atoms with E-state index in [0.717, 1.165) is 32.1 Å². The van der Waals surface area contributed by atoms with E-state index in [1.807, 2.05) is 21.1 Å². The van der Waals surface area contributed by atoms with Crippen molar-refractivity contribution in [3.8, 4) is 0 Å². The van der Waals surface area contributed by atoms with Crippen LogP contribution in [0.4, 0.5) is 0 Å². The molecule has 0 spiro atoms. The normalized spacial score (nSPS) is 14.2. The number of carbonyl (C=O) groups excluding carboxylic acids is 1. The summed E-state index contributed by atoms with van der Waals surface area (Å²) in [7, 11) is 1.36. The van der Waals surface area contributed by atoms with E-state index in [1.165, 1.54) is 83.5 Å². The maximum absolute atomic E-state index is 12.4.